The third-order valence-electron chi connectivity index (χ3n) is 1.57. The van der Waals surface area contributed by atoms with Gasteiger partial charge in [0.1, 0.15) is 0 Å². The van der Waals surface area contributed by atoms with Crippen LogP contribution in [0.3, 0.4) is 0 Å². The van der Waals surface area contributed by atoms with Gasteiger partial charge in [-0.1, -0.05) is 19.8 Å². The Morgan fingerprint density at radius 3 is 2.17 bits per heavy atom. The van der Waals surface area contributed by atoms with Crippen molar-refractivity contribution >= 4 is 11.6 Å². The van der Waals surface area contributed by atoms with Gasteiger partial charge in [0.15, 0.2) is 5.78 Å². The van der Waals surface area contributed by atoms with E-state index in [0.29, 0.717) is 12.3 Å². The van der Waals surface area contributed by atoms with Crippen LogP contribution in [0.5, 0.6) is 0 Å². The molecule has 0 fully saturated rings. The van der Waals surface area contributed by atoms with Gasteiger partial charge >= 0.3 is 0 Å². The predicted octanol–water partition coefficient (Wildman–Crippen LogP) is 1.44. The molecular formula is C10H14O2. The molecule has 1 atom stereocenters. The van der Waals surface area contributed by atoms with Crippen LogP contribution in [0, 0.1) is 24.2 Å². The number of carbonyl (C=O) groups excluding carboxylic acids is 2. The van der Waals surface area contributed by atoms with Crippen LogP contribution >= 0.6 is 0 Å². The van der Waals surface area contributed by atoms with Gasteiger partial charge in [0, 0.05) is 6.92 Å². The number of terminal acetylenes is 1. The van der Waals surface area contributed by atoms with Crippen molar-refractivity contribution in [3.05, 3.63) is 0 Å². The minimum Gasteiger partial charge on any atom is -0.291 e. The second kappa shape index (κ2) is 4.71. The molecule has 2 heteroatoms. The lowest BCUT2D eigenvalue weighted by Crippen LogP contribution is -2.21. The zero-order chi connectivity index (χ0) is 9.72. The van der Waals surface area contributed by atoms with Crippen LogP contribution in [0.25, 0.3) is 0 Å². The standard InChI is InChI=1S/C10H14O2/c1-5-9(6-7(2)3)10(12)8(4)11/h1,7,9H,6H2,2-4H3/t9-/m0/s1. The van der Waals surface area contributed by atoms with E-state index in [1.807, 2.05) is 13.8 Å². The lowest BCUT2D eigenvalue weighted by Gasteiger charge is -2.09. The van der Waals surface area contributed by atoms with E-state index in [-0.39, 0.29) is 0 Å². The molecule has 0 amide bonds. The highest BCUT2D eigenvalue weighted by molar-refractivity contribution is 6.37. The molecule has 66 valence electrons. The third-order valence-corrected chi connectivity index (χ3v) is 1.57. The smallest absolute Gasteiger partial charge is 0.212 e. The van der Waals surface area contributed by atoms with Crippen molar-refractivity contribution in [1.82, 2.24) is 0 Å². The SMILES string of the molecule is C#C[C@@H](CC(C)C)C(=O)C(C)=O. The van der Waals surface area contributed by atoms with Gasteiger partial charge in [0.25, 0.3) is 0 Å². The summed E-state index contributed by atoms with van der Waals surface area (Å²) in [7, 11) is 0. The van der Waals surface area contributed by atoms with Gasteiger partial charge in [-0.3, -0.25) is 9.59 Å². The molecule has 0 aromatic carbocycles. The maximum atomic E-state index is 11.1. The summed E-state index contributed by atoms with van der Waals surface area (Å²) in [6, 6.07) is 0. The Kier molecular flexibility index (Phi) is 4.28. The lowest BCUT2D eigenvalue weighted by molar-refractivity contribution is -0.137. The Hall–Kier alpha value is -1.10. The van der Waals surface area contributed by atoms with E-state index in [1.54, 1.807) is 0 Å². The number of rotatable bonds is 4. The molecule has 0 radical (unpaired) electrons. The van der Waals surface area contributed by atoms with Crippen LogP contribution in [0.15, 0.2) is 0 Å². The van der Waals surface area contributed by atoms with E-state index >= 15 is 0 Å². The minimum atomic E-state index is -0.525. The number of Topliss-reactive ketones (excluding diaryl/α,β-unsaturated/α-hetero) is 2. The average molecular weight is 166 g/mol. The summed E-state index contributed by atoms with van der Waals surface area (Å²) in [5.41, 5.74) is 0. The Bertz CT molecular complexity index is 220. The molecule has 0 heterocycles. The fourth-order valence-corrected chi connectivity index (χ4v) is 0.968. The van der Waals surface area contributed by atoms with Crippen LogP contribution < -0.4 is 0 Å². The molecular weight excluding hydrogens is 152 g/mol. The second-order valence-corrected chi connectivity index (χ2v) is 3.27. The Labute approximate surface area is 73.3 Å². The summed E-state index contributed by atoms with van der Waals surface area (Å²) in [5, 5.41) is 0. The van der Waals surface area contributed by atoms with Crippen molar-refractivity contribution in [3.8, 4) is 12.3 Å². The van der Waals surface area contributed by atoms with Crippen molar-refractivity contribution in [2.24, 2.45) is 11.8 Å². The monoisotopic (exact) mass is 166 g/mol. The highest BCUT2D eigenvalue weighted by Gasteiger charge is 2.20. The third kappa shape index (κ3) is 3.34. The van der Waals surface area contributed by atoms with Gasteiger partial charge in [-0.25, -0.2) is 0 Å². The van der Waals surface area contributed by atoms with Crippen molar-refractivity contribution in [3.63, 3.8) is 0 Å². The van der Waals surface area contributed by atoms with Crippen LogP contribution in [0.1, 0.15) is 27.2 Å². The summed E-state index contributed by atoms with van der Waals surface area (Å²) in [5.74, 6) is 1.28. The minimum absolute atomic E-state index is 0.342. The quantitative estimate of drug-likeness (QED) is 0.468. The first-order chi connectivity index (χ1) is 5.49. The van der Waals surface area contributed by atoms with E-state index in [1.165, 1.54) is 6.92 Å². The van der Waals surface area contributed by atoms with Crippen molar-refractivity contribution in [1.29, 1.82) is 0 Å². The molecule has 2 nitrogen and oxygen atoms in total. The molecule has 0 spiro atoms. The normalized spacial score (nSPS) is 12.2. The fraction of sp³-hybridized carbons (Fsp3) is 0.600. The van der Waals surface area contributed by atoms with Gasteiger partial charge < -0.3 is 0 Å². The summed E-state index contributed by atoms with van der Waals surface area (Å²) in [6.45, 7) is 5.20. The number of carbonyl (C=O) groups is 2. The highest BCUT2D eigenvalue weighted by Crippen LogP contribution is 2.11. The van der Waals surface area contributed by atoms with Gasteiger partial charge in [0.2, 0.25) is 5.78 Å². The summed E-state index contributed by atoms with van der Waals surface area (Å²) >= 11 is 0. The summed E-state index contributed by atoms with van der Waals surface area (Å²) in [4.78, 5) is 21.8. The highest BCUT2D eigenvalue weighted by atomic mass is 16.2. The summed E-state index contributed by atoms with van der Waals surface area (Å²) in [6.07, 6.45) is 5.73. The van der Waals surface area contributed by atoms with E-state index in [4.69, 9.17) is 6.42 Å². The number of ketones is 2. The topological polar surface area (TPSA) is 34.1 Å². The molecule has 12 heavy (non-hydrogen) atoms. The second-order valence-electron chi connectivity index (χ2n) is 3.27. The summed E-state index contributed by atoms with van der Waals surface area (Å²) < 4.78 is 0. The van der Waals surface area contributed by atoms with E-state index in [9.17, 15) is 9.59 Å². The molecule has 0 aromatic rings. The molecule has 0 aliphatic heterocycles. The first-order valence-corrected chi connectivity index (χ1v) is 4.00. The van der Waals surface area contributed by atoms with Gasteiger partial charge in [-0.05, 0) is 12.3 Å². The Balaban J connectivity index is 4.28. The fourth-order valence-electron chi connectivity index (χ4n) is 0.968. The molecule has 0 saturated carbocycles. The molecule has 0 unspecified atom stereocenters. The first-order valence-electron chi connectivity index (χ1n) is 4.00. The van der Waals surface area contributed by atoms with Crippen molar-refractivity contribution in [2.45, 2.75) is 27.2 Å². The largest absolute Gasteiger partial charge is 0.291 e. The van der Waals surface area contributed by atoms with Crippen molar-refractivity contribution < 1.29 is 9.59 Å². The van der Waals surface area contributed by atoms with Gasteiger partial charge in [0.05, 0.1) is 5.92 Å². The molecule has 0 aliphatic rings. The molecule has 0 N–H and O–H groups in total. The predicted molar refractivity (Wildman–Crippen MR) is 47.5 cm³/mol. The first kappa shape index (κ1) is 10.9. The van der Waals surface area contributed by atoms with Crippen LogP contribution in [0.4, 0.5) is 0 Å². The number of hydrogen-bond donors (Lipinski definition) is 0. The zero-order valence-corrected chi connectivity index (χ0v) is 7.76. The average Bonchev–Trinajstić information content (AvgIpc) is 1.98. The van der Waals surface area contributed by atoms with Crippen LogP contribution in [-0.4, -0.2) is 11.6 Å². The molecule has 0 bridgehead atoms. The van der Waals surface area contributed by atoms with Crippen molar-refractivity contribution in [2.75, 3.05) is 0 Å². The molecule has 0 aliphatic carbocycles. The maximum Gasteiger partial charge on any atom is 0.212 e. The van der Waals surface area contributed by atoms with Crippen LogP contribution in [-0.2, 0) is 9.59 Å². The molecule has 0 aromatic heterocycles. The van der Waals surface area contributed by atoms with E-state index in [2.05, 4.69) is 5.92 Å². The Morgan fingerprint density at radius 2 is 1.92 bits per heavy atom. The zero-order valence-electron chi connectivity index (χ0n) is 7.76. The van der Waals surface area contributed by atoms with Gasteiger partial charge in [-0.2, -0.15) is 0 Å². The molecule has 0 saturated heterocycles. The Morgan fingerprint density at radius 1 is 1.42 bits per heavy atom. The van der Waals surface area contributed by atoms with Crippen LogP contribution in [0.2, 0.25) is 0 Å². The van der Waals surface area contributed by atoms with E-state index < -0.39 is 17.5 Å². The van der Waals surface area contributed by atoms with Gasteiger partial charge in [-0.15, -0.1) is 6.42 Å². The maximum absolute atomic E-state index is 11.1. The number of hydrogen-bond acceptors (Lipinski definition) is 2. The lowest BCUT2D eigenvalue weighted by atomic mass is 9.92. The molecule has 0 rings (SSSR count). The van der Waals surface area contributed by atoms with E-state index in [0.717, 1.165) is 0 Å².